The third kappa shape index (κ3) is 1.23. The monoisotopic (exact) mass is 127 g/mol. The van der Waals surface area contributed by atoms with Gasteiger partial charge < -0.3 is 4.90 Å². The highest BCUT2D eigenvalue weighted by Gasteiger charge is 2.21. The molecular weight excluding hydrogens is 114 g/mol. The summed E-state index contributed by atoms with van der Waals surface area (Å²) in [4.78, 5) is 12.9. The Morgan fingerprint density at radius 3 is 2.44 bits per heavy atom. The fraction of sp³-hybridized carbons (Fsp3) is 0.857. The summed E-state index contributed by atoms with van der Waals surface area (Å²) in [6.45, 7) is 5.09. The second kappa shape index (κ2) is 2.38. The van der Waals surface area contributed by atoms with E-state index < -0.39 is 0 Å². The summed E-state index contributed by atoms with van der Waals surface area (Å²) in [6, 6.07) is 0.403. The zero-order chi connectivity index (χ0) is 6.85. The molecule has 1 heterocycles. The molecule has 2 nitrogen and oxygen atoms in total. The van der Waals surface area contributed by atoms with Gasteiger partial charge >= 0.3 is 0 Å². The van der Waals surface area contributed by atoms with Crippen molar-refractivity contribution < 1.29 is 4.79 Å². The van der Waals surface area contributed by atoms with Crippen LogP contribution in [-0.2, 0) is 4.79 Å². The average Bonchev–Trinajstić information content (AvgIpc) is 2.13. The maximum Gasteiger partial charge on any atom is 0.222 e. The summed E-state index contributed by atoms with van der Waals surface area (Å²) in [5, 5.41) is 0. The SMILES string of the molecule is CC(C)N1CCCC1=O. The van der Waals surface area contributed by atoms with Crippen molar-refractivity contribution in [2.45, 2.75) is 32.7 Å². The lowest BCUT2D eigenvalue weighted by atomic mass is 10.3. The van der Waals surface area contributed by atoms with Crippen molar-refractivity contribution in [2.24, 2.45) is 0 Å². The highest BCUT2D eigenvalue weighted by Crippen LogP contribution is 2.12. The number of likely N-dealkylation sites (tertiary alicyclic amines) is 1. The van der Waals surface area contributed by atoms with Crippen molar-refractivity contribution in [2.75, 3.05) is 6.54 Å². The lowest BCUT2D eigenvalue weighted by Gasteiger charge is -2.19. The van der Waals surface area contributed by atoms with Crippen LogP contribution < -0.4 is 0 Å². The van der Waals surface area contributed by atoms with E-state index in [-0.39, 0.29) is 0 Å². The normalized spacial score (nSPS) is 19.9. The average molecular weight is 127 g/mol. The van der Waals surface area contributed by atoms with Gasteiger partial charge in [-0.3, -0.25) is 4.79 Å². The smallest absolute Gasteiger partial charge is 0.222 e. The Kier molecular flexibility index (Phi) is 1.74. The number of nitrogens with zero attached hydrogens (tertiary/aromatic N) is 1. The van der Waals surface area contributed by atoms with Gasteiger partial charge in [0.15, 0.2) is 0 Å². The summed E-state index contributed by atoms with van der Waals surface area (Å²) >= 11 is 0. The number of hydrogen-bond acceptors (Lipinski definition) is 1. The van der Waals surface area contributed by atoms with Crippen molar-refractivity contribution in [1.29, 1.82) is 0 Å². The molecule has 2 heteroatoms. The summed E-state index contributed by atoms with van der Waals surface area (Å²) in [5.74, 6) is 0.324. The van der Waals surface area contributed by atoms with E-state index in [0.29, 0.717) is 11.9 Å². The molecule has 0 bridgehead atoms. The molecular formula is C7H13NO. The summed E-state index contributed by atoms with van der Waals surface area (Å²) in [7, 11) is 0. The van der Waals surface area contributed by atoms with Gasteiger partial charge in [-0.1, -0.05) is 0 Å². The summed E-state index contributed by atoms with van der Waals surface area (Å²) in [6.07, 6.45) is 1.81. The van der Waals surface area contributed by atoms with Crippen molar-refractivity contribution >= 4 is 5.91 Å². The molecule has 1 amide bonds. The van der Waals surface area contributed by atoms with Crippen LogP contribution in [-0.4, -0.2) is 23.4 Å². The molecule has 0 radical (unpaired) electrons. The zero-order valence-electron chi connectivity index (χ0n) is 6.05. The van der Waals surface area contributed by atoms with Gasteiger partial charge in [-0.25, -0.2) is 0 Å². The molecule has 0 aromatic carbocycles. The first-order valence-corrected chi connectivity index (χ1v) is 3.51. The molecule has 0 aromatic rings. The molecule has 1 rings (SSSR count). The number of rotatable bonds is 1. The predicted molar refractivity (Wildman–Crippen MR) is 36.1 cm³/mol. The minimum atomic E-state index is 0.324. The highest BCUT2D eigenvalue weighted by molar-refractivity contribution is 5.78. The molecule has 0 N–H and O–H groups in total. The van der Waals surface area contributed by atoms with Gasteiger partial charge in [0.05, 0.1) is 0 Å². The maximum absolute atomic E-state index is 10.9. The molecule has 1 fully saturated rings. The van der Waals surface area contributed by atoms with Crippen molar-refractivity contribution in [1.82, 2.24) is 4.90 Å². The van der Waals surface area contributed by atoms with Gasteiger partial charge in [0.25, 0.3) is 0 Å². The molecule has 0 unspecified atom stereocenters. The Labute approximate surface area is 55.8 Å². The van der Waals surface area contributed by atoms with Crippen LogP contribution in [0.2, 0.25) is 0 Å². The fourth-order valence-electron chi connectivity index (χ4n) is 1.22. The Morgan fingerprint density at radius 2 is 2.22 bits per heavy atom. The summed E-state index contributed by atoms with van der Waals surface area (Å²) in [5.41, 5.74) is 0. The van der Waals surface area contributed by atoms with Gasteiger partial charge in [0.1, 0.15) is 0 Å². The van der Waals surface area contributed by atoms with Crippen molar-refractivity contribution in [3.63, 3.8) is 0 Å². The van der Waals surface area contributed by atoms with Crippen molar-refractivity contribution in [3.05, 3.63) is 0 Å². The Hall–Kier alpha value is -0.530. The number of hydrogen-bond donors (Lipinski definition) is 0. The summed E-state index contributed by atoms with van der Waals surface area (Å²) < 4.78 is 0. The zero-order valence-corrected chi connectivity index (χ0v) is 6.05. The van der Waals surface area contributed by atoms with E-state index in [1.54, 1.807) is 0 Å². The molecule has 0 atom stereocenters. The molecule has 0 spiro atoms. The third-order valence-corrected chi connectivity index (χ3v) is 1.73. The van der Waals surface area contributed by atoms with Crippen molar-refractivity contribution in [3.8, 4) is 0 Å². The Bertz CT molecular complexity index is 120. The van der Waals surface area contributed by atoms with Gasteiger partial charge in [-0.2, -0.15) is 0 Å². The van der Waals surface area contributed by atoms with Crippen LogP contribution in [0, 0.1) is 0 Å². The maximum atomic E-state index is 10.9. The lowest BCUT2D eigenvalue weighted by molar-refractivity contribution is -0.129. The molecule has 0 aliphatic carbocycles. The first-order chi connectivity index (χ1) is 4.22. The van der Waals surface area contributed by atoms with Crippen LogP contribution >= 0.6 is 0 Å². The van der Waals surface area contributed by atoms with E-state index in [0.717, 1.165) is 19.4 Å². The van der Waals surface area contributed by atoms with Crippen LogP contribution in [0.25, 0.3) is 0 Å². The second-order valence-electron chi connectivity index (χ2n) is 2.78. The van der Waals surface area contributed by atoms with Crippen LogP contribution in [0.4, 0.5) is 0 Å². The van der Waals surface area contributed by atoms with Crippen LogP contribution in [0.5, 0.6) is 0 Å². The molecule has 1 aliphatic rings. The fourth-order valence-corrected chi connectivity index (χ4v) is 1.22. The molecule has 1 saturated heterocycles. The largest absolute Gasteiger partial charge is 0.340 e. The molecule has 52 valence electrons. The van der Waals surface area contributed by atoms with Gasteiger partial charge in [0.2, 0.25) is 5.91 Å². The van der Waals surface area contributed by atoms with Gasteiger partial charge in [0, 0.05) is 19.0 Å². The Balaban J connectivity index is 2.49. The van der Waals surface area contributed by atoms with Crippen LogP contribution in [0.15, 0.2) is 0 Å². The van der Waals surface area contributed by atoms with E-state index in [2.05, 4.69) is 13.8 Å². The van der Waals surface area contributed by atoms with Gasteiger partial charge in [-0.15, -0.1) is 0 Å². The van der Waals surface area contributed by atoms with Gasteiger partial charge in [-0.05, 0) is 20.3 Å². The topological polar surface area (TPSA) is 20.3 Å². The first kappa shape index (κ1) is 6.59. The lowest BCUT2D eigenvalue weighted by Crippen LogP contribution is -2.31. The second-order valence-corrected chi connectivity index (χ2v) is 2.78. The van der Waals surface area contributed by atoms with Crippen LogP contribution in [0.3, 0.4) is 0 Å². The molecule has 9 heavy (non-hydrogen) atoms. The Morgan fingerprint density at radius 1 is 1.56 bits per heavy atom. The third-order valence-electron chi connectivity index (χ3n) is 1.73. The minimum Gasteiger partial charge on any atom is -0.340 e. The molecule has 0 saturated carbocycles. The van der Waals surface area contributed by atoms with E-state index in [9.17, 15) is 4.79 Å². The first-order valence-electron chi connectivity index (χ1n) is 3.51. The molecule has 0 aromatic heterocycles. The quantitative estimate of drug-likeness (QED) is 0.515. The molecule has 1 aliphatic heterocycles. The minimum absolute atomic E-state index is 0.324. The standard InChI is InChI=1S/C7H13NO/c1-6(2)8-5-3-4-7(8)9/h6H,3-5H2,1-2H3. The van der Waals surface area contributed by atoms with E-state index >= 15 is 0 Å². The predicted octanol–water partition coefficient (Wildman–Crippen LogP) is 1.02. The number of carbonyl (C=O) groups excluding carboxylic acids is 1. The number of amides is 1. The van der Waals surface area contributed by atoms with Crippen LogP contribution in [0.1, 0.15) is 26.7 Å². The van der Waals surface area contributed by atoms with E-state index in [1.165, 1.54) is 0 Å². The van der Waals surface area contributed by atoms with E-state index in [4.69, 9.17) is 0 Å². The van der Waals surface area contributed by atoms with E-state index in [1.807, 2.05) is 4.90 Å². The highest BCUT2D eigenvalue weighted by atomic mass is 16.2. The number of carbonyl (C=O) groups is 1.